The number of carbonyl (C=O) groups excluding carboxylic acids is 1. The van der Waals surface area contributed by atoms with Crippen LogP contribution in [0.3, 0.4) is 0 Å². The van der Waals surface area contributed by atoms with Gasteiger partial charge in [0.25, 0.3) is 5.91 Å². The molecule has 2 aromatic heterocycles. The van der Waals surface area contributed by atoms with Gasteiger partial charge in [-0.2, -0.15) is 0 Å². The highest BCUT2D eigenvalue weighted by molar-refractivity contribution is 5.93. The molecule has 0 unspecified atom stereocenters. The number of hydrogen-bond donors (Lipinski definition) is 2. The topological polar surface area (TPSA) is 61.0 Å². The summed E-state index contributed by atoms with van der Waals surface area (Å²) in [5.41, 5.74) is 3.94. The van der Waals surface area contributed by atoms with Gasteiger partial charge in [-0.05, 0) is 49.4 Å². The van der Waals surface area contributed by atoms with E-state index in [1.165, 1.54) is 30.2 Å². The standard InChI is InChI=1S/C21H24N4O/c26-21(20-14-17(9-11-22-20)25-12-4-1-5-13-25)23-10-8-16-15-24-19-7-3-2-6-18(16)19/h2-3,6-7,9,11,14-15,24H,1,4-5,8,10,12-13H2,(H,23,26). The van der Waals surface area contributed by atoms with Crippen molar-refractivity contribution in [2.24, 2.45) is 0 Å². The van der Waals surface area contributed by atoms with Gasteiger partial charge in [-0.1, -0.05) is 18.2 Å². The number of aromatic nitrogens is 2. The molecule has 5 heteroatoms. The van der Waals surface area contributed by atoms with Gasteiger partial charge in [-0.3, -0.25) is 9.78 Å². The number of anilines is 1. The summed E-state index contributed by atoms with van der Waals surface area (Å²) in [7, 11) is 0. The average molecular weight is 348 g/mol. The summed E-state index contributed by atoms with van der Waals surface area (Å²) in [6.45, 7) is 2.72. The molecule has 1 aliphatic rings. The number of fused-ring (bicyclic) bond motifs is 1. The Labute approximate surface area is 153 Å². The fraction of sp³-hybridized carbons (Fsp3) is 0.333. The smallest absolute Gasteiger partial charge is 0.269 e. The van der Waals surface area contributed by atoms with Crippen molar-refractivity contribution in [3.8, 4) is 0 Å². The molecule has 3 aromatic rings. The number of rotatable bonds is 5. The first-order valence-electron chi connectivity index (χ1n) is 9.35. The summed E-state index contributed by atoms with van der Waals surface area (Å²) >= 11 is 0. The third-order valence-corrected chi connectivity index (χ3v) is 5.05. The molecule has 0 aliphatic carbocycles. The van der Waals surface area contributed by atoms with Crippen LogP contribution in [0.25, 0.3) is 10.9 Å². The number of pyridine rings is 1. The molecule has 1 aliphatic heterocycles. The molecule has 4 rings (SSSR count). The first-order valence-corrected chi connectivity index (χ1v) is 9.35. The van der Waals surface area contributed by atoms with Gasteiger partial charge in [-0.25, -0.2) is 0 Å². The molecule has 1 fully saturated rings. The molecule has 1 amide bonds. The Bertz CT molecular complexity index is 896. The van der Waals surface area contributed by atoms with Gasteiger partial charge >= 0.3 is 0 Å². The van der Waals surface area contributed by atoms with Crippen LogP contribution < -0.4 is 10.2 Å². The fourth-order valence-corrected chi connectivity index (χ4v) is 3.63. The van der Waals surface area contributed by atoms with E-state index in [-0.39, 0.29) is 5.91 Å². The highest BCUT2D eigenvalue weighted by Crippen LogP contribution is 2.20. The number of amides is 1. The molecule has 0 spiro atoms. The van der Waals surface area contributed by atoms with Crippen LogP contribution in [0.15, 0.2) is 48.8 Å². The Morgan fingerprint density at radius 3 is 2.88 bits per heavy atom. The molecule has 0 radical (unpaired) electrons. The second kappa shape index (κ2) is 7.60. The Morgan fingerprint density at radius 1 is 1.15 bits per heavy atom. The molecule has 134 valence electrons. The second-order valence-corrected chi connectivity index (χ2v) is 6.81. The third kappa shape index (κ3) is 3.57. The van der Waals surface area contributed by atoms with Crippen LogP contribution in [0.4, 0.5) is 5.69 Å². The van der Waals surface area contributed by atoms with E-state index in [1.807, 2.05) is 30.5 Å². The minimum absolute atomic E-state index is 0.108. The van der Waals surface area contributed by atoms with Gasteiger partial charge in [0.2, 0.25) is 0 Å². The Morgan fingerprint density at radius 2 is 2.00 bits per heavy atom. The van der Waals surface area contributed by atoms with Gasteiger partial charge in [0.1, 0.15) is 5.69 Å². The minimum Gasteiger partial charge on any atom is -0.371 e. The minimum atomic E-state index is -0.108. The molecule has 26 heavy (non-hydrogen) atoms. The molecule has 0 atom stereocenters. The van der Waals surface area contributed by atoms with Gasteiger partial charge in [0.15, 0.2) is 0 Å². The first-order chi connectivity index (χ1) is 12.8. The number of para-hydroxylation sites is 1. The fourth-order valence-electron chi connectivity index (χ4n) is 3.63. The van der Waals surface area contributed by atoms with Gasteiger partial charge in [-0.15, -0.1) is 0 Å². The molecular formula is C21H24N4O. The van der Waals surface area contributed by atoms with E-state index in [4.69, 9.17) is 0 Å². The van der Waals surface area contributed by atoms with Crippen LogP contribution in [0.2, 0.25) is 0 Å². The second-order valence-electron chi connectivity index (χ2n) is 6.81. The Kier molecular flexibility index (Phi) is 4.86. The predicted octanol–water partition coefficient (Wildman–Crippen LogP) is 3.53. The van der Waals surface area contributed by atoms with Crippen LogP contribution in [-0.2, 0) is 6.42 Å². The lowest BCUT2D eigenvalue weighted by molar-refractivity contribution is 0.0949. The molecule has 3 heterocycles. The lowest BCUT2D eigenvalue weighted by Crippen LogP contribution is -2.30. The Hall–Kier alpha value is -2.82. The van der Waals surface area contributed by atoms with E-state index in [9.17, 15) is 4.79 Å². The largest absolute Gasteiger partial charge is 0.371 e. The highest BCUT2D eigenvalue weighted by Gasteiger charge is 2.14. The Balaban J connectivity index is 1.37. The van der Waals surface area contributed by atoms with Crippen molar-refractivity contribution >= 4 is 22.5 Å². The number of hydrogen-bond acceptors (Lipinski definition) is 3. The average Bonchev–Trinajstić information content (AvgIpc) is 3.12. The van der Waals surface area contributed by atoms with Crippen molar-refractivity contribution in [1.29, 1.82) is 0 Å². The zero-order chi connectivity index (χ0) is 17.8. The molecular weight excluding hydrogens is 324 g/mol. The van der Waals surface area contributed by atoms with Gasteiger partial charge in [0, 0.05) is 48.6 Å². The maximum atomic E-state index is 12.5. The molecule has 1 aromatic carbocycles. The van der Waals surface area contributed by atoms with E-state index in [1.54, 1.807) is 6.20 Å². The van der Waals surface area contributed by atoms with E-state index >= 15 is 0 Å². The molecule has 0 saturated carbocycles. The molecule has 0 bridgehead atoms. The molecule has 1 saturated heterocycles. The van der Waals surface area contributed by atoms with Crippen LogP contribution in [-0.4, -0.2) is 35.5 Å². The van der Waals surface area contributed by atoms with Crippen molar-refractivity contribution in [1.82, 2.24) is 15.3 Å². The zero-order valence-electron chi connectivity index (χ0n) is 14.9. The quantitative estimate of drug-likeness (QED) is 0.741. The number of H-pyrrole nitrogens is 1. The van der Waals surface area contributed by atoms with Crippen LogP contribution in [0, 0.1) is 0 Å². The summed E-state index contributed by atoms with van der Waals surface area (Å²) in [6, 6.07) is 12.1. The van der Waals surface area contributed by atoms with Crippen LogP contribution >= 0.6 is 0 Å². The lowest BCUT2D eigenvalue weighted by atomic mass is 10.1. The summed E-state index contributed by atoms with van der Waals surface area (Å²) in [5.74, 6) is -0.108. The zero-order valence-corrected chi connectivity index (χ0v) is 14.9. The van der Waals surface area contributed by atoms with Gasteiger partial charge < -0.3 is 15.2 Å². The SMILES string of the molecule is O=C(NCCc1c[nH]c2ccccc12)c1cc(N2CCCCC2)ccn1. The van der Waals surface area contributed by atoms with E-state index < -0.39 is 0 Å². The number of nitrogens with one attached hydrogen (secondary N) is 2. The maximum Gasteiger partial charge on any atom is 0.269 e. The highest BCUT2D eigenvalue weighted by atomic mass is 16.1. The summed E-state index contributed by atoms with van der Waals surface area (Å²) < 4.78 is 0. The van der Waals surface area contributed by atoms with Crippen LogP contribution in [0.5, 0.6) is 0 Å². The first kappa shape index (κ1) is 16.6. The van der Waals surface area contributed by atoms with Gasteiger partial charge in [0.05, 0.1) is 0 Å². The van der Waals surface area contributed by atoms with Crippen molar-refractivity contribution in [2.45, 2.75) is 25.7 Å². The van der Waals surface area contributed by atoms with Crippen molar-refractivity contribution in [2.75, 3.05) is 24.5 Å². The molecule has 2 N–H and O–H groups in total. The third-order valence-electron chi connectivity index (χ3n) is 5.05. The number of benzene rings is 1. The summed E-state index contributed by atoms with van der Waals surface area (Å²) in [5, 5.41) is 4.21. The van der Waals surface area contributed by atoms with E-state index in [0.29, 0.717) is 12.2 Å². The number of carbonyl (C=O) groups is 1. The van der Waals surface area contributed by atoms with E-state index in [2.05, 4.69) is 32.3 Å². The maximum absolute atomic E-state index is 12.5. The lowest BCUT2D eigenvalue weighted by Gasteiger charge is -2.28. The summed E-state index contributed by atoms with van der Waals surface area (Å²) in [4.78, 5) is 22.3. The normalized spacial score (nSPS) is 14.5. The number of piperidine rings is 1. The number of aromatic amines is 1. The van der Waals surface area contributed by atoms with Crippen molar-refractivity contribution in [3.05, 3.63) is 60.0 Å². The monoisotopic (exact) mass is 348 g/mol. The van der Waals surface area contributed by atoms with Crippen molar-refractivity contribution < 1.29 is 4.79 Å². The van der Waals surface area contributed by atoms with Crippen molar-refractivity contribution in [3.63, 3.8) is 0 Å². The summed E-state index contributed by atoms with van der Waals surface area (Å²) in [6.07, 6.45) is 8.28. The number of nitrogens with zero attached hydrogens (tertiary/aromatic N) is 2. The van der Waals surface area contributed by atoms with Crippen LogP contribution in [0.1, 0.15) is 35.3 Å². The predicted molar refractivity (Wildman–Crippen MR) is 105 cm³/mol. The van der Waals surface area contributed by atoms with E-state index in [0.717, 1.165) is 30.7 Å². The molecule has 5 nitrogen and oxygen atoms in total.